The van der Waals surface area contributed by atoms with Crippen LogP contribution in [0.5, 0.6) is 0 Å². The molecule has 0 aromatic carbocycles. The summed E-state index contributed by atoms with van der Waals surface area (Å²) in [6.45, 7) is 4.88. The van der Waals surface area contributed by atoms with Gasteiger partial charge in [0.15, 0.2) is 0 Å². The average Bonchev–Trinajstić information content (AvgIpc) is 2.65. The molecular formula is C14H23NO2. The fraction of sp³-hybridized carbons (Fsp3) is 0.643. The van der Waals surface area contributed by atoms with E-state index in [-0.39, 0.29) is 0 Å². The zero-order chi connectivity index (χ0) is 12.7. The van der Waals surface area contributed by atoms with Gasteiger partial charge in [-0.15, -0.1) is 0 Å². The molecule has 0 bridgehead atoms. The number of nitrogens with zero attached hydrogens (tertiary/aromatic N) is 1. The maximum Gasteiger partial charge on any atom is 0.352 e. The van der Waals surface area contributed by atoms with E-state index in [0.717, 1.165) is 18.5 Å². The normalized spacial score (nSPS) is 10.7. The molecule has 1 heterocycles. The first-order valence-corrected chi connectivity index (χ1v) is 6.55. The van der Waals surface area contributed by atoms with Crippen molar-refractivity contribution in [3.63, 3.8) is 0 Å². The summed E-state index contributed by atoms with van der Waals surface area (Å²) in [5.74, 6) is -0.821. The lowest BCUT2D eigenvalue weighted by Crippen LogP contribution is -2.09. The van der Waals surface area contributed by atoms with Crippen LogP contribution in [-0.4, -0.2) is 15.6 Å². The number of carboxylic acids is 1. The highest BCUT2D eigenvalue weighted by Gasteiger charge is 2.12. The summed E-state index contributed by atoms with van der Waals surface area (Å²) in [7, 11) is 0. The van der Waals surface area contributed by atoms with Crippen molar-refractivity contribution in [3.8, 4) is 0 Å². The minimum atomic E-state index is -0.821. The molecule has 0 fully saturated rings. The van der Waals surface area contributed by atoms with Gasteiger partial charge in [0.1, 0.15) is 5.69 Å². The van der Waals surface area contributed by atoms with Crippen molar-refractivity contribution in [1.29, 1.82) is 0 Å². The molecule has 0 amide bonds. The van der Waals surface area contributed by atoms with Gasteiger partial charge in [-0.05, 0) is 25.0 Å². The van der Waals surface area contributed by atoms with Crippen LogP contribution >= 0.6 is 0 Å². The molecule has 0 atom stereocenters. The van der Waals surface area contributed by atoms with Gasteiger partial charge in [-0.2, -0.15) is 0 Å². The molecule has 0 aliphatic rings. The summed E-state index contributed by atoms with van der Waals surface area (Å²) in [5.41, 5.74) is 1.29. The second-order valence-electron chi connectivity index (χ2n) is 4.61. The first-order valence-electron chi connectivity index (χ1n) is 6.55. The van der Waals surface area contributed by atoms with Crippen LogP contribution in [0.15, 0.2) is 12.3 Å². The van der Waals surface area contributed by atoms with E-state index in [1.54, 1.807) is 0 Å². The molecule has 1 aromatic rings. The van der Waals surface area contributed by atoms with Gasteiger partial charge in [-0.1, -0.05) is 39.0 Å². The van der Waals surface area contributed by atoms with Crippen LogP contribution < -0.4 is 0 Å². The summed E-state index contributed by atoms with van der Waals surface area (Å²) in [6.07, 6.45) is 9.27. The van der Waals surface area contributed by atoms with Gasteiger partial charge >= 0.3 is 5.97 Å². The number of aromatic carboxylic acids is 1. The maximum absolute atomic E-state index is 11.1. The highest BCUT2D eigenvalue weighted by Crippen LogP contribution is 2.12. The molecule has 0 aliphatic carbocycles. The number of hydrogen-bond donors (Lipinski definition) is 1. The highest BCUT2D eigenvalue weighted by molar-refractivity contribution is 5.87. The van der Waals surface area contributed by atoms with Gasteiger partial charge in [-0.25, -0.2) is 4.79 Å². The molecule has 0 radical (unpaired) electrons. The Kier molecular flexibility index (Phi) is 5.81. The van der Waals surface area contributed by atoms with E-state index in [4.69, 9.17) is 5.11 Å². The fourth-order valence-electron chi connectivity index (χ4n) is 2.12. The molecule has 1 N–H and O–H groups in total. The topological polar surface area (TPSA) is 42.2 Å². The first kappa shape index (κ1) is 13.8. The maximum atomic E-state index is 11.1. The Bertz CT molecular complexity index is 355. The minimum Gasteiger partial charge on any atom is -0.477 e. The van der Waals surface area contributed by atoms with Gasteiger partial charge in [0.2, 0.25) is 0 Å². The second kappa shape index (κ2) is 7.15. The molecule has 0 unspecified atom stereocenters. The third-order valence-corrected chi connectivity index (χ3v) is 3.12. The van der Waals surface area contributed by atoms with Crippen LogP contribution in [0, 0.1) is 6.92 Å². The summed E-state index contributed by atoms with van der Waals surface area (Å²) in [6, 6.07) is 1.88. The number of hydrogen-bond acceptors (Lipinski definition) is 1. The second-order valence-corrected chi connectivity index (χ2v) is 4.61. The summed E-state index contributed by atoms with van der Waals surface area (Å²) >= 11 is 0. The van der Waals surface area contributed by atoms with Gasteiger partial charge in [0.25, 0.3) is 0 Å². The quantitative estimate of drug-likeness (QED) is 0.698. The Balaban J connectivity index is 2.34. The van der Waals surface area contributed by atoms with E-state index in [1.807, 2.05) is 23.8 Å². The molecule has 17 heavy (non-hydrogen) atoms. The third-order valence-electron chi connectivity index (χ3n) is 3.12. The molecule has 96 valence electrons. The number of carbonyl (C=O) groups is 1. The summed E-state index contributed by atoms with van der Waals surface area (Å²) in [4.78, 5) is 11.1. The summed E-state index contributed by atoms with van der Waals surface area (Å²) in [5, 5.41) is 9.09. The van der Waals surface area contributed by atoms with Crippen LogP contribution in [0.2, 0.25) is 0 Å². The molecule has 0 saturated carbocycles. The van der Waals surface area contributed by atoms with E-state index in [9.17, 15) is 4.79 Å². The SMILES string of the molecule is CCCCCCCCn1ccc(C)c1C(=O)O. The van der Waals surface area contributed by atoms with E-state index in [0.29, 0.717) is 5.69 Å². The van der Waals surface area contributed by atoms with E-state index in [1.165, 1.54) is 32.1 Å². The van der Waals surface area contributed by atoms with E-state index < -0.39 is 5.97 Å². The van der Waals surface area contributed by atoms with E-state index in [2.05, 4.69) is 6.92 Å². The average molecular weight is 237 g/mol. The Hall–Kier alpha value is -1.25. The van der Waals surface area contributed by atoms with Gasteiger partial charge < -0.3 is 9.67 Å². The van der Waals surface area contributed by atoms with Crippen molar-refractivity contribution in [2.24, 2.45) is 0 Å². The fourth-order valence-corrected chi connectivity index (χ4v) is 2.12. The molecular weight excluding hydrogens is 214 g/mol. The number of carboxylic acid groups (broad SMARTS) is 1. The summed E-state index contributed by atoms with van der Waals surface area (Å²) < 4.78 is 1.86. The van der Waals surface area contributed by atoms with Crippen molar-refractivity contribution < 1.29 is 9.90 Å². The zero-order valence-corrected chi connectivity index (χ0v) is 10.9. The minimum absolute atomic E-state index is 0.443. The Morgan fingerprint density at radius 3 is 2.53 bits per heavy atom. The predicted octanol–water partition coefficient (Wildman–Crippen LogP) is 3.86. The van der Waals surface area contributed by atoms with Crippen molar-refractivity contribution in [3.05, 3.63) is 23.5 Å². The van der Waals surface area contributed by atoms with Gasteiger partial charge in [-0.3, -0.25) is 0 Å². The van der Waals surface area contributed by atoms with Crippen LogP contribution in [-0.2, 0) is 6.54 Å². The van der Waals surface area contributed by atoms with Crippen molar-refractivity contribution in [1.82, 2.24) is 4.57 Å². The Morgan fingerprint density at radius 2 is 1.88 bits per heavy atom. The smallest absolute Gasteiger partial charge is 0.352 e. The van der Waals surface area contributed by atoms with Crippen LogP contribution in [0.3, 0.4) is 0 Å². The third kappa shape index (κ3) is 4.25. The van der Waals surface area contributed by atoms with Crippen molar-refractivity contribution in [2.45, 2.75) is 58.9 Å². The lowest BCUT2D eigenvalue weighted by molar-refractivity contribution is 0.0684. The molecule has 1 aromatic heterocycles. The van der Waals surface area contributed by atoms with Gasteiger partial charge in [0, 0.05) is 12.7 Å². The molecule has 0 saturated heterocycles. The Labute approximate surface area is 103 Å². The number of aromatic nitrogens is 1. The molecule has 0 aliphatic heterocycles. The van der Waals surface area contributed by atoms with Crippen molar-refractivity contribution in [2.75, 3.05) is 0 Å². The van der Waals surface area contributed by atoms with E-state index >= 15 is 0 Å². The van der Waals surface area contributed by atoms with Crippen LogP contribution in [0.4, 0.5) is 0 Å². The molecule has 3 heteroatoms. The number of rotatable bonds is 8. The van der Waals surface area contributed by atoms with Crippen LogP contribution in [0.1, 0.15) is 61.5 Å². The monoisotopic (exact) mass is 237 g/mol. The molecule has 0 spiro atoms. The zero-order valence-electron chi connectivity index (χ0n) is 10.9. The largest absolute Gasteiger partial charge is 0.477 e. The lowest BCUT2D eigenvalue weighted by atomic mass is 10.1. The first-order chi connectivity index (χ1) is 8.16. The Morgan fingerprint density at radius 1 is 1.24 bits per heavy atom. The highest BCUT2D eigenvalue weighted by atomic mass is 16.4. The molecule has 3 nitrogen and oxygen atoms in total. The molecule has 1 rings (SSSR count). The number of aryl methyl sites for hydroxylation is 2. The van der Waals surface area contributed by atoms with Crippen molar-refractivity contribution >= 4 is 5.97 Å². The predicted molar refractivity (Wildman–Crippen MR) is 69.5 cm³/mol. The van der Waals surface area contributed by atoms with Crippen LogP contribution in [0.25, 0.3) is 0 Å². The number of unbranched alkanes of at least 4 members (excludes halogenated alkanes) is 5. The standard InChI is InChI=1S/C14H23NO2/c1-3-4-5-6-7-8-10-15-11-9-12(2)13(15)14(16)17/h9,11H,3-8,10H2,1-2H3,(H,16,17). The lowest BCUT2D eigenvalue weighted by Gasteiger charge is -2.06. The van der Waals surface area contributed by atoms with Gasteiger partial charge in [0.05, 0.1) is 0 Å².